The number of benzene rings is 1. The van der Waals surface area contributed by atoms with Gasteiger partial charge in [0.2, 0.25) is 11.8 Å². The maximum atomic E-state index is 13.3. The van der Waals surface area contributed by atoms with Crippen LogP contribution in [-0.2, 0) is 25.8 Å². The molecule has 0 aliphatic heterocycles. The molecule has 2 rings (SSSR count). The van der Waals surface area contributed by atoms with Crippen LogP contribution in [0.1, 0.15) is 92.1 Å². The van der Waals surface area contributed by atoms with Gasteiger partial charge in [-0.2, -0.15) is 0 Å². The van der Waals surface area contributed by atoms with Gasteiger partial charge in [0.25, 0.3) is 0 Å². The van der Waals surface area contributed by atoms with Gasteiger partial charge in [-0.15, -0.1) is 0 Å². The van der Waals surface area contributed by atoms with Crippen molar-refractivity contribution in [3.05, 3.63) is 34.9 Å². The van der Waals surface area contributed by atoms with E-state index in [-0.39, 0.29) is 30.5 Å². The fraction of sp³-hybridized carbons (Fsp3) is 0.750. The second-order valence-corrected chi connectivity index (χ2v) is 16.8. The summed E-state index contributed by atoms with van der Waals surface area (Å²) >= 11 is 6.00. The van der Waals surface area contributed by atoms with Crippen LogP contribution in [0.25, 0.3) is 0 Å². The Morgan fingerprint density at radius 2 is 1.60 bits per heavy atom. The molecule has 4 N–H and O–H groups in total. The van der Waals surface area contributed by atoms with Gasteiger partial charge in [-0.05, 0) is 69.6 Å². The van der Waals surface area contributed by atoms with Gasteiger partial charge in [0.1, 0.15) is 6.10 Å². The summed E-state index contributed by atoms with van der Waals surface area (Å²) in [6.07, 6.45) is 4.71. The number of amides is 2. The standard InChI is InChI=1S/C32H53ClN2O6S/c1-21(2)16-28(36)29(37)27(18-23-10-8-7-9-11-23)35-30(38)22(3)19-34-31(39)25(20-42(40,41)32(4,5)6)17-24-12-14-26(33)15-13-24/h12-15,21-23,25,27-29,36-37H,7-11,16-20H2,1-6H3,(H,34,39)(H,35,38)/t22-,25-,27+,28+,29-/m1/s1. The summed E-state index contributed by atoms with van der Waals surface area (Å²) in [6.45, 7) is 10.5. The number of hydrogen-bond acceptors (Lipinski definition) is 6. The van der Waals surface area contributed by atoms with Crippen LogP contribution in [0.5, 0.6) is 0 Å². The summed E-state index contributed by atoms with van der Waals surface area (Å²) < 4.78 is 25.0. The summed E-state index contributed by atoms with van der Waals surface area (Å²) in [5.74, 6) is -2.01. The molecule has 240 valence electrons. The highest BCUT2D eigenvalue weighted by Gasteiger charge is 2.35. The van der Waals surface area contributed by atoms with Crippen molar-refractivity contribution in [2.24, 2.45) is 23.7 Å². The Morgan fingerprint density at radius 3 is 2.14 bits per heavy atom. The van der Waals surface area contributed by atoms with Gasteiger partial charge in [-0.3, -0.25) is 9.59 Å². The predicted molar refractivity (Wildman–Crippen MR) is 169 cm³/mol. The molecule has 1 fully saturated rings. The molecule has 42 heavy (non-hydrogen) atoms. The van der Waals surface area contributed by atoms with Gasteiger partial charge in [0.05, 0.1) is 34.5 Å². The number of halogens is 1. The lowest BCUT2D eigenvalue weighted by Crippen LogP contribution is -2.52. The average molecular weight is 629 g/mol. The quantitative estimate of drug-likeness (QED) is 0.223. The van der Waals surface area contributed by atoms with Gasteiger partial charge in [-0.1, -0.05) is 76.6 Å². The molecule has 10 heteroatoms. The number of nitrogens with one attached hydrogen (secondary N) is 2. The SMILES string of the molecule is CC(C)C[C@H](O)[C@H](O)[C@H](CC1CCCCC1)NC(=O)[C@H](C)CNC(=O)[C@H](Cc1ccc(Cl)cc1)CS(=O)(=O)C(C)(C)C. The van der Waals surface area contributed by atoms with Gasteiger partial charge >= 0.3 is 0 Å². The van der Waals surface area contributed by atoms with E-state index < -0.39 is 50.6 Å². The largest absolute Gasteiger partial charge is 0.390 e. The first kappa shape index (κ1) is 36.5. The van der Waals surface area contributed by atoms with Crippen molar-refractivity contribution in [3.8, 4) is 0 Å². The second-order valence-electron chi connectivity index (χ2n) is 13.6. The smallest absolute Gasteiger partial charge is 0.224 e. The van der Waals surface area contributed by atoms with Crippen LogP contribution in [-0.4, -0.2) is 65.7 Å². The zero-order chi connectivity index (χ0) is 31.7. The molecule has 1 aliphatic carbocycles. The predicted octanol–water partition coefficient (Wildman–Crippen LogP) is 4.69. The van der Waals surface area contributed by atoms with Crippen LogP contribution < -0.4 is 10.6 Å². The first-order valence-corrected chi connectivity index (χ1v) is 17.4. The van der Waals surface area contributed by atoms with Crippen molar-refractivity contribution in [1.29, 1.82) is 0 Å². The lowest BCUT2D eigenvalue weighted by molar-refractivity contribution is -0.128. The number of carbonyl (C=O) groups excluding carboxylic acids is 2. The third-order valence-electron chi connectivity index (χ3n) is 8.31. The molecule has 0 unspecified atom stereocenters. The minimum Gasteiger partial charge on any atom is -0.390 e. The van der Waals surface area contributed by atoms with Crippen LogP contribution in [0.4, 0.5) is 0 Å². The molecule has 0 heterocycles. The summed E-state index contributed by atoms with van der Waals surface area (Å²) in [4.78, 5) is 26.6. The first-order valence-electron chi connectivity index (χ1n) is 15.4. The lowest BCUT2D eigenvalue weighted by atomic mass is 9.82. The Kier molecular flexibility index (Phi) is 14.3. The Morgan fingerprint density at radius 1 is 1.00 bits per heavy atom. The first-order chi connectivity index (χ1) is 19.5. The van der Waals surface area contributed by atoms with E-state index in [9.17, 15) is 28.2 Å². The fourth-order valence-electron chi connectivity index (χ4n) is 5.42. The summed E-state index contributed by atoms with van der Waals surface area (Å²) in [5.41, 5.74) is 0.786. The molecule has 0 saturated heterocycles. The monoisotopic (exact) mass is 628 g/mol. The summed E-state index contributed by atoms with van der Waals surface area (Å²) in [5, 5.41) is 28.0. The third-order valence-corrected chi connectivity index (χ3v) is 11.3. The van der Waals surface area contributed by atoms with Crippen LogP contribution >= 0.6 is 11.6 Å². The highest BCUT2D eigenvalue weighted by atomic mass is 35.5. The summed E-state index contributed by atoms with van der Waals surface area (Å²) in [7, 11) is -3.60. The normalized spacial score (nSPS) is 18.6. The van der Waals surface area contributed by atoms with Crippen LogP contribution in [0.2, 0.25) is 5.02 Å². The Labute approximate surface area is 258 Å². The molecule has 0 spiro atoms. The molecular formula is C32H53ClN2O6S. The molecule has 1 aromatic rings. The van der Waals surface area contributed by atoms with E-state index in [1.165, 1.54) is 6.42 Å². The Hall–Kier alpha value is -1.68. The fourth-order valence-corrected chi connectivity index (χ4v) is 6.84. The maximum absolute atomic E-state index is 13.3. The van der Waals surface area contributed by atoms with Crippen molar-refractivity contribution in [2.75, 3.05) is 12.3 Å². The molecule has 8 nitrogen and oxygen atoms in total. The Balaban J connectivity index is 2.10. The average Bonchev–Trinajstić information content (AvgIpc) is 2.90. The zero-order valence-corrected chi connectivity index (χ0v) is 27.8. The van der Waals surface area contributed by atoms with Gasteiger partial charge in [-0.25, -0.2) is 8.42 Å². The van der Waals surface area contributed by atoms with Crippen molar-refractivity contribution < 1.29 is 28.2 Å². The maximum Gasteiger partial charge on any atom is 0.224 e. The van der Waals surface area contributed by atoms with E-state index >= 15 is 0 Å². The van der Waals surface area contributed by atoms with E-state index in [2.05, 4.69) is 10.6 Å². The van der Waals surface area contributed by atoms with Crippen LogP contribution in [0.15, 0.2) is 24.3 Å². The molecule has 5 atom stereocenters. The highest BCUT2D eigenvalue weighted by molar-refractivity contribution is 7.92. The highest BCUT2D eigenvalue weighted by Crippen LogP contribution is 2.29. The van der Waals surface area contributed by atoms with Crippen molar-refractivity contribution in [2.45, 2.75) is 116 Å². The number of aliphatic hydroxyl groups excluding tert-OH is 2. The molecule has 0 radical (unpaired) electrons. The molecular weight excluding hydrogens is 576 g/mol. The number of rotatable bonds is 15. The van der Waals surface area contributed by atoms with Crippen molar-refractivity contribution in [3.63, 3.8) is 0 Å². The van der Waals surface area contributed by atoms with Gasteiger partial charge in [0.15, 0.2) is 9.84 Å². The van der Waals surface area contributed by atoms with Crippen molar-refractivity contribution in [1.82, 2.24) is 10.6 Å². The Bertz CT molecular complexity index is 1100. The third kappa shape index (κ3) is 11.8. The minimum atomic E-state index is -3.60. The second kappa shape index (κ2) is 16.4. The van der Waals surface area contributed by atoms with E-state index in [4.69, 9.17) is 11.6 Å². The number of aliphatic hydroxyl groups is 2. The molecule has 1 aliphatic rings. The van der Waals surface area contributed by atoms with Crippen molar-refractivity contribution >= 4 is 33.3 Å². The van der Waals surface area contributed by atoms with Crippen LogP contribution in [0.3, 0.4) is 0 Å². The molecule has 0 aromatic heterocycles. The topological polar surface area (TPSA) is 133 Å². The number of carbonyl (C=O) groups is 2. The molecule has 0 bridgehead atoms. The lowest BCUT2D eigenvalue weighted by Gasteiger charge is -2.33. The molecule has 2 amide bonds. The zero-order valence-electron chi connectivity index (χ0n) is 26.2. The number of sulfone groups is 1. The van der Waals surface area contributed by atoms with Crippen LogP contribution in [0, 0.1) is 23.7 Å². The minimum absolute atomic E-state index is 0.0120. The van der Waals surface area contributed by atoms with E-state index in [0.717, 1.165) is 31.2 Å². The van der Waals surface area contributed by atoms with E-state index in [0.29, 0.717) is 23.8 Å². The van der Waals surface area contributed by atoms with E-state index in [1.807, 2.05) is 13.8 Å². The summed E-state index contributed by atoms with van der Waals surface area (Å²) in [6, 6.07) is 6.35. The number of hydrogen-bond donors (Lipinski definition) is 4. The molecule has 1 saturated carbocycles. The van der Waals surface area contributed by atoms with Gasteiger partial charge < -0.3 is 20.8 Å². The van der Waals surface area contributed by atoms with Gasteiger partial charge in [0, 0.05) is 11.6 Å². The molecule has 1 aromatic carbocycles. The van der Waals surface area contributed by atoms with E-state index in [1.54, 1.807) is 52.0 Å².